The minimum atomic E-state index is -4.31. The Kier molecular flexibility index (Phi) is 6.56. The molecule has 0 radical (unpaired) electrons. The van der Waals surface area contributed by atoms with E-state index in [4.69, 9.17) is 0 Å². The summed E-state index contributed by atoms with van der Waals surface area (Å²) in [5, 5.41) is 13.9. The lowest BCUT2D eigenvalue weighted by Gasteiger charge is -2.17. The summed E-state index contributed by atoms with van der Waals surface area (Å²) in [6, 6.07) is 6.56. The zero-order valence-corrected chi connectivity index (χ0v) is 16.1. The van der Waals surface area contributed by atoms with E-state index in [1.807, 2.05) is 4.90 Å². The number of carbonyl (C=O) groups excluding carboxylic acids is 1. The van der Waals surface area contributed by atoms with Crippen molar-refractivity contribution in [2.24, 2.45) is 0 Å². The number of nitrogens with zero attached hydrogens (tertiary/aromatic N) is 3. The summed E-state index contributed by atoms with van der Waals surface area (Å²) >= 11 is 0. The minimum absolute atomic E-state index is 0.0477. The highest BCUT2D eigenvalue weighted by molar-refractivity contribution is 6.05. The fraction of sp³-hybridized carbons (Fsp3) is 0.368. The van der Waals surface area contributed by atoms with Crippen LogP contribution < -0.4 is 15.0 Å². The molecule has 1 aromatic heterocycles. The summed E-state index contributed by atoms with van der Waals surface area (Å²) in [7, 11) is 0. The molecule has 0 unspecified atom stereocenters. The van der Waals surface area contributed by atoms with Crippen LogP contribution in [0.2, 0.25) is 0 Å². The number of nitro benzene ring substituents is 1. The monoisotopic (exact) mass is 442 g/mol. The lowest BCUT2D eigenvalue weighted by Crippen LogP contribution is -2.33. The van der Waals surface area contributed by atoms with Crippen molar-refractivity contribution in [1.29, 1.82) is 0 Å². The van der Waals surface area contributed by atoms with Crippen molar-refractivity contribution in [3.63, 3.8) is 0 Å². The van der Waals surface area contributed by atoms with Crippen molar-refractivity contribution < 1.29 is 32.0 Å². The summed E-state index contributed by atoms with van der Waals surface area (Å²) < 4.78 is 54.6. The maximum atomic E-state index is 12.9. The number of nitrogens with one attached hydrogen (secondary N) is 1. The molecule has 31 heavy (non-hydrogen) atoms. The number of nitro groups is 1. The van der Waals surface area contributed by atoms with Gasteiger partial charge in [0.25, 0.3) is 11.6 Å². The standard InChI is InChI=1S/C19H18F4N4O4/c20-18(21)19(22,23)11-31-16-6-4-13(10-24-16)25-17(28)12-3-5-14(15(9-12)27(29)30)26-7-1-2-8-26/h3-6,9-10,18H,1-2,7-8,11H2,(H,25,28). The zero-order chi connectivity index (χ0) is 22.6. The van der Waals surface area contributed by atoms with E-state index in [1.165, 1.54) is 24.3 Å². The van der Waals surface area contributed by atoms with Gasteiger partial charge in [-0.3, -0.25) is 14.9 Å². The van der Waals surface area contributed by atoms with Gasteiger partial charge in [-0.25, -0.2) is 13.8 Å². The van der Waals surface area contributed by atoms with Crippen LogP contribution in [-0.4, -0.2) is 47.9 Å². The number of benzene rings is 1. The van der Waals surface area contributed by atoms with Crippen LogP contribution in [0, 0.1) is 10.1 Å². The molecule has 1 aromatic carbocycles. The molecule has 1 aliphatic heterocycles. The molecule has 3 rings (SSSR count). The smallest absolute Gasteiger partial charge is 0.340 e. The molecule has 2 heterocycles. The van der Waals surface area contributed by atoms with E-state index >= 15 is 0 Å². The minimum Gasteiger partial charge on any atom is -0.471 e. The molecule has 0 aliphatic carbocycles. The highest BCUT2D eigenvalue weighted by Gasteiger charge is 2.41. The molecule has 1 N–H and O–H groups in total. The predicted octanol–water partition coefficient (Wildman–Crippen LogP) is 4.12. The maximum absolute atomic E-state index is 12.9. The van der Waals surface area contributed by atoms with Gasteiger partial charge >= 0.3 is 12.3 Å². The lowest BCUT2D eigenvalue weighted by molar-refractivity contribution is -0.384. The molecular formula is C19H18F4N4O4. The third-order valence-corrected chi connectivity index (χ3v) is 4.61. The van der Waals surface area contributed by atoms with E-state index in [2.05, 4.69) is 15.0 Å². The van der Waals surface area contributed by atoms with Crippen LogP contribution in [0.15, 0.2) is 36.5 Å². The fourth-order valence-corrected chi connectivity index (χ4v) is 3.01. The Morgan fingerprint density at radius 3 is 2.55 bits per heavy atom. The highest BCUT2D eigenvalue weighted by atomic mass is 19.3. The molecule has 0 atom stereocenters. The van der Waals surface area contributed by atoms with E-state index < -0.39 is 29.8 Å². The van der Waals surface area contributed by atoms with Crippen LogP contribution in [0.3, 0.4) is 0 Å². The lowest BCUT2D eigenvalue weighted by atomic mass is 10.1. The van der Waals surface area contributed by atoms with Gasteiger partial charge in [0.2, 0.25) is 5.88 Å². The van der Waals surface area contributed by atoms with Gasteiger partial charge in [-0.15, -0.1) is 0 Å². The van der Waals surface area contributed by atoms with Gasteiger partial charge in [0.05, 0.1) is 16.8 Å². The molecule has 1 fully saturated rings. The van der Waals surface area contributed by atoms with Crippen molar-refractivity contribution in [2.75, 3.05) is 29.9 Å². The van der Waals surface area contributed by atoms with E-state index in [9.17, 15) is 32.5 Å². The second-order valence-electron chi connectivity index (χ2n) is 6.84. The van der Waals surface area contributed by atoms with Crippen LogP contribution in [0.1, 0.15) is 23.2 Å². The van der Waals surface area contributed by atoms with Crippen molar-refractivity contribution in [2.45, 2.75) is 25.2 Å². The first-order valence-corrected chi connectivity index (χ1v) is 9.27. The van der Waals surface area contributed by atoms with Gasteiger partial charge in [0.1, 0.15) is 5.69 Å². The Bertz CT molecular complexity index is 950. The van der Waals surface area contributed by atoms with E-state index in [1.54, 1.807) is 0 Å². The second-order valence-corrected chi connectivity index (χ2v) is 6.84. The Balaban J connectivity index is 1.67. The Morgan fingerprint density at radius 1 is 1.26 bits per heavy atom. The van der Waals surface area contributed by atoms with Crippen LogP contribution in [0.25, 0.3) is 0 Å². The average Bonchev–Trinajstić information content (AvgIpc) is 3.27. The number of carbonyl (C=O) groups is 1. The van der Waals surface area contributed by atoms with Gasteiger partial charge in [0.15, 0.2) is 6.61 Å². The van der Waals surface area contributed by atoms with Crippen LogP contribution in [-0.2, 0) is 0 Å². The van der Waals surface area contributed by atoms with Crippen LogP contribution in [0.4, 0.5) is 34.6 Å². The summed E-state index contributed by atoms with van der Waals surface area (Å²) in [5.41, 5.74) is 0.468. The quantitative estimate of drug-likeness (QED) is 0.375. The summed E-state index contributed by atoms with van der Waals surface area (Å²) in [5.74, 6) is -5.29. The molecule has 0 spiro atoms. The molecular weight excluding hydrogens is 424 g/mol. The van der Waals surface area contributed by atoms with Crippen molar-refractivity contribution in [3.8, 4) is 5.88 Å². The number of ether oxygens (including phenoxy) is 1. The molecule has 1 aliphatic rings. The number of aromatic nitrogens is 1. The largest absolute Gasteiger partial charge is 0.471 e. The number of halogens is 4. The van der Waals surface area contributed by atoms with Gasteiger partial charge in [-0.2, -0.15) is 8.78 Å². The number of pyridine rings is 1. The molecule has 12 heteroatoms. The Hall–Kier alpha value is -3.44. The molecule has 166 valence electrons. The highest BCUT2D eigenvalue weighted by Crippen LogP contribution is 2.32. The normalized spacial score (nSPS) is 14.0. The van der Waals surface area contributed by atoms with Crippen LogP contribution in [0.5, 0.6) is 5.88 Å². The van der Waals surface area contributed by atoms with Gasteiger partial charge in [-0.1, -0.05) is 0 Å². The van der Waals surface area contributed by atoms with Crippen molar-refractivity contribution in [3.05, 3.63) is 52.2 Å². The molecule has 8 nitrogen and oxygen atoms in total. The van der Waals surface area contributed by atoms with Crippen molar-refractivity contribution in [1.82, 2.24) is 4.98 Å². The zero-order valence-electron chi connectivity index (χ0n) is 16.1. The fourth-order valence-electron chi connectivity index (χ4n) is 3.01. The number of hydrogen-bond donors (Lipinski definition) is 1. The molecule has 1 amide bonds. The molecule has 0 saturated carbocycles. The second kappa shape index (κ2) is 9.14. The third kappa shape index (κ3) is 5.38. The maximum Gasteiger partial charge on any atom is 0.340 e. The summed E-state index contributed by atoms with van der Waals surface area (Å²) in [4.78, 5) is 28.9. The number of alkyl halides is 4. The van der Waals surface area contributed by atoms with Gasteiger partial charge in [-0.05, 0) is 31.0 Å². The number of amides is 1. The number of hydrogen-bond acceptors (Lipinski definition) is 6. The molecule has 0 bridgehead atoms. The Labute approximate surface area is 174 Å². The molecule has 1 saturated heterocycles. The SMILES string of the molecule is O=C(Nc1ccc(OCC(F)(F)C(F)F)nc1)c1ccc(N2CCCC2)c([N+](=O)[O-])c1. The van der Waals surface area contributed by atoms with Crippen LogP contribution >= 0.6 is 0 Å². The Morgan fingerprint density at radius 2 is 1.97 bits per heavy atom. The third-order valence-electron chi connectivity index (χ3n) is 4.61. The van der Waals surface area contributed by atoms with Gasteiger partial charge < -0.3 is 15.0 Å². The van der Waals surface area contributed by atoms with E-state index in [-0.39, 0.29) is 22.8 Å². The average molecular weight is 442 g/mol. The van der Waals surface area contributed by atoms with E-state index in [0.717, 1.165) is 25.1 Å². The molecule has 2 aromatic rings. The van der Waals surface area contributed by atoms with Crippen molar-refractivity contribution >= 4 is 23.0 Å². The topological polar surface area (TPSA) is 97.6 Å². The van der Waals surface area contributed by atoms with Gasteiger partial charge in [0, 0.05) is 30.8 Å². The summed E-state index contributed by atoms with van der Waals surface area (Å²) in [6.45, 7) is -0.137. The number of rotatable bonds is 8. The number of anilines is 2. The first kappa shape index (κ1) is 22.2. The predicted molar refractivity (Wildman–Crippen MR) is 103 cm³/mol. The first-order valence-electron chi connectivity index (χ1n) is 9.27. The van der Waals surface area contributed by atoms with E-state index in [0.29, 0.717) is 18.8 Å². The first-order chi connectivity index (χ1) is 14.7. The summed E-state index contributed by atoms with van der Waals surface area (Å²) in [6.07, 6.45) is -0.912.